The predicted octanol–water partition coefficient (Wildman–Crippen LogP) is 4.00. The molecule has 0 bridgehead atoms. The van der Waals surface area contributed by atoms with Crippen LogP contribution in [0.15, 0.2) is 59.0 Å². The van der Waals surface area contributed by atoms with Gasteiger partial charge in [0.05, 0.1) is 0 Å². The Kier molecular flexibility index (Phi) is 3.25. The van der Waals surface area contributed by atoms with Crippen molar-refractivity contribution in [3.8, 4) is 5.75 Å². The topological polar surface area (TPSA) is 39.4 Å². The molecule has 2 aromatic carbocycles. The molecule has 0 spiro atoms. The second-order valence-electron chi connectivity index (χ2n) is 4.68. The zero-order chi connectivity index (χ0) is 13.9. The maximum absolute atomic E-state index is 12.1. The normalized spacial score (nSPS) is 10.7. The second kappa shape index (κ2) is 5.21. The van der Waals surface area contributed by atoms with Crippen molar-refractivity contribution >= 4 is 16.8 Å². The lowest BCUT2D eigenvalue weighted by Gasteiger charge is -2.04. The summed E-state index contributed by atoms with van der Waals surface area (Å²) in [7, 11) is 0. The predicted molar refractivity (Wildman–Crippen MR) is 77.2 cm³/mol. The molecule has 1 heterocycles. The number of carbonyl (C=O) groups excluding carboxylic acids is 1. The summed E-state index contributed by atoms with van der Waals surface area (Å²) >= 11 is 0. The third-order valence-corrected chi connectivity index (χ3v) is 3.06. The van der Waals surface area contributed by atoms with Crippen molar-refractivity contribution in [2.75, 3.05) is 6.61 Å². The highest BCUT2D eigenvalue weighted by molar-refractivity contribution is 5.98. The van der Waals surface area contributed by atoms with Crippen LogP contribution in [0.1, 0.15) is 16.1 Å². The fourth-order valence-electron chi connectivity index (χ4n) is 2.04. The highest BCUT2D eigenvalue weighted by atomic mass is 16.5. The van der Waals surface area contributed by atoms with Crippen molar-refractivity contribution in [2.24, 2.45) is 0 Å². The number of hydrogen-bond donors (Lipinski definition) is 0. The van der Waals surface area contributed by atoms with E-state index in [1.54, 1.807) is 6.07 Å². The number of ether oxygens (including phenoxy) is 1. The lowest BCUT2D eigenvalue weighted by molar-refractivity contribution is 0.0896. The van der Waals surface area contributed by atoms with Crippen molar-refractivity contribution in [3.63, 3.8) is 0 Å². The van der Waals surface area contributed by atoms with E-state index in [0.717, 1.165) is 10.9 Å². The van der Waals surface area contributed by atoms with Crippen LogP contribution in [-0.2, 0) is 0 Å². The van der Waals surface area contributed by atoms with Gasteiger partial charge in [0.2, 0.25) is 5.78 Å². The summed E-state index contributed by atoms with van der Waals surface area (Å²) in [6.45, 7) is 1.96. The van der Waals surface area contributed by atoms with Crippen LogP contribution in [0.3, 0.4) is 0 Å². The first-order chi connectivity index (χ1) is 9.72. The number of hydrogen-bond acceptors (Lipinski definition) is 3. The average Bonchev–Trinajstić information content (AvgIpc) is 2.89. The molecule has 0 aliphatic carbocycles. The SMILES string of the molecule is Cc1cccc(OCC(=O)c2cc3ccccc3o2)c1. The summed E-state index contributed by atoms with van der Waals surface area (Å²) in [6, 6.07) is 16.9. The fourth-order valence-corrected chi connectivity index (χ4v) is 2.04. The van der Waals surface area contributed by atoms with E-state index in [0.29, 0.717) is 17.1 Å². The number of carbonyl (C=O) groups is 1. The van der Waals surface area contributed by atoms with E-state index in [2.05, 4.69) is 0 Å². The summed E-state index contributed by atoms with van der Waals surface area (Å²) in [4.78, 5) is 12.1. The molecule has 0 unspecified atom stereocenters. The number of ketones is 1. The number of benzene rings is 2. The van der Waals surface area contributed by atoms with Crippen LogP contribution in [0.5, 0.6) is 5.75 Å². The molecule has 3 heteroatoms. The number of para-hydroxylation sites is 1. The Balaban J connectivity index is 1.73. The summed E-state index contributed by atoms with van der Waals surface area (Å²) in [5.74, 6) is 0.857. The molecule has 3 rings (SSSR count). The van der Waals surface area contributed by atoms with Gasteiger partial charge in [-0.2, -0.15) is 0 Å². The maximum atomic E-state index is 12.1. The monoisotopic (exact) mass is 266 g/mol. The van der Waals surface area contributed by atoms with E-state index >= 15 is 0 Å². The van der Waals surface area contributed by atoms with Crippen LogP contribution in [0.2, 0.25) is 0 Å². The lowest BCUT2D eigenvalue weighted by Crippen LogP contribution is -2.10. The Morgan fingerprint density at radius 3 is 2.75 bits per heavy atom. The highest BCUT2D eigenvalue weighted by Gasteiger charge is 2.12. The minimum absolute atomic E-state index is 0.0245. The van der Waals surface area contributed by atoms with Crippen LogP contribution in [-0.4, -0.2) is 12.4 Å². The van der Waals surface area contributed by atoms with Crippen molar-refractivity contribution in [3.05, 3.63) is 65.9 Å². The van der Waals surface area contributed by atoms with Gasteiger partial charge in [0.25, 0.3) is 0 Å². The number of Topliss-reactive ketones (excluding diaryl/α,β-unsaturated/α-hetero) is 1. The van der Waals surface area contributed by atoms with Gasteiger partial charge in [0, 0.05) is 5.39 Å². The molecule has 100 valence electrons. The number of rotatable bonds is 4. The summed E-state index contributed by atoms with van der Waals surface area (Å²) in [6.07, 6.45) is 0. The van der Waals surface area contributed by atoms with Gasteiger partial charge in [-0.3, -0.25) is 4.79 Å². The van der Waals surface area contributed by atoms with Crippen LogP contribution >= 0.6 is 0 Å². The van der Waals surface area contributed by atoms with Gasteiger partial charge < -0.3 is 9.15 Å². The van der Waals surface area contributed by atoms with E-state index < -0.39 is 0 Å². The van der Waals surface area contributed by atoms with Crippen molar-refractivity contribution in [2.45, 2.75) is 6.92 Å². The minimum Gasteiger partial charge on any atom is -0.485 e. The van der Waals surface area contributed by atoms with Gasteiger partial charge >= 0.3 is 0 Å². The molecule has 0 amide bonds. The molecule has 0 aliphatic rings. The molecule has 0 aliphatic heterocycles. The third-order valence-electron chi connectivity index (χ3n) is 3.06. The molecule has 0 radical (unpaired) electrons. The molecule has 0 saturated carbocycles. The summed E-state index contributed by atoms with van der Waals surface area (Å²) in [5.41, 5.74) is 1.81. The molecule has 0 saturated heterocycles. The van der Waals surface area contributed by atoms with E-state index in [1.807, 2.05) is 55.5 Å². The van der Waals surface area contributed by atoms with E-state index in [-0.39, 0.29) is 12.4 Å². The van der Waals surface area contributed by atoms with Gasteiger partial charge in [-0.1, -0.05) is 30.3 Å². The average molecular weight is 266 g/mol. The standard InChI is InChI=1S/C17H14O3/c1-12-5-4-7-14(9-12)19-11-15(18)17-10-13-6-2-3-8-16(13)20-17/h2-10H,11H2,1H3. The fraction of sp³-hybridized carbons (Fsp3) is 0.118. The number of furan rings is 1. The minimum atomic E-state index is -0.164. The summed E-state index contributed by atoms with van der Waals surface area (Å²) < 4.78 is 11.0. The first kappa shape index (κ1) is 12.5. The molecule has 0 atom stereocenters. The second-order valence-corrected chi connectivity index (χ2v) is 4.68. The smallest absolute Gasteiger partial charge is 0.235 e. The van der Waals surface area contributed by atoms with Gasteiger partial charge in [-0.05, 0) is 36.8 Å². The van der Waals surface area contributed by atoms with Gasteiger partial charge in [-0.25, -0.2) is 0 Å². The van der Waals surface area contributed by atoms with Crippen molar-refractivity contribution < 1.29 is 13.9 Å². The van der Waals surface area contributed by atoms with Crippen LogP contribution in [0, 0.1) is 6.92 Å². The Hall–Kier alpha value is -2.55. The zero-order valence-electron chi connectivity index (χ0n) is 11.1. The Labute approximate surface area is 116 Å². The first-order valence-corrected chi connectivity index (χ1v) is 6.43. The number of aryl methyl sites for hydroxylation is 1. The Morgan fingerprint density at radius 1 is 1.10 bits per heavy atom. The molecule has 0 fully saturated rings. The maximum Gasteiger partial charge on any atom is 0.235 e. The van der Waals surface area contributed by atoms with Crippen LogP contribution < -0.4 is 4.74 Å². The van der Waals surface area contributed by atoms with E-state index in [1.165, 1.54) is 0 Å². The van der Waals surface area contributed by atoms with Crippen LogP contribution in [0.4, 0.5) is 0 Å². The van der Waals surface area contributed by atoms with E-state index in [4.69, 9.17) is 9.15 Å². The van der Waals surface area contributed by atoms with Gasteiger partial charge in [-0.15, -0.1) is 0 Å². The Morgan fingerprint density at radius 2 is 1.95 bits per heavy atom. The first-order valence-electron chi connectivity index (χ1n) is 6.43. The highest BCUT2D eigenvalue weighted by Crippen LogP contribution is 2.19. The van der Waals surface area contributed by atoms with Crippen LogP contribution in [0.25, 0.3) is 11.0 Å². The third kappa shape index (κ3) is 2.57. The number of fused-ring (bicyclic) bond motifs is 1. The summed E-state index contributed by atoms with van der Waals surface area (Å²) in [5, 5.41) is 0.923. The van der Waals surface area contributed by atoms with E-state index in [9.17, 15) is 4.79 Å². The molecular weight excluding hydrogens is 252 g/mol. The quantitative estimate of drug-likeness (QED) is 0.670. The molecule has 3 nitrogen and oxygen atoms in total. The largest absolute Gasteiger partial charge is 0.485 e. The molecule has 20 heavy (non-hydrogen) atoms. The van der Waals surface area contributed by atoms with Crippen molar-refractivity contribution in [1.82, 2.24) is 0 Å². The van der Waals surface area contributed by atoms with Gasteiger partial charge in [0.1, 0.15) is 11.3 Å². The van der Waals surface area contributed by atoms with Crippen molar-refractivity contribution in [1.29, 1.82) is 0 Å². The lowest BCUT2D eigenvalue weighted by atomic mass is 10.2. The molecule has 3 aromatic rings. The molecule has 0 N–H and O–H groups in total. The Bertz CT molecular complexity index is 723. The van der Waals surface area contributed by atoms with Gasteiger partial charge in [0.15, 0.2) is 12.4 Å². The zero-order valence-corrected chi connectivity index (χ0v) is 11.1. The molecule has 1 aromatic heterocycles. The molecular formula is C17H14O3.